The van der Waals surface area contributed by atoms with Gasteiger partial charge in [-0.05, 0) is 26.0 Å². The third-order valence-electron chi connectivity index (χ3n) is 4.57. The first-order valence-corrected chi connectivity index (χ1v) is 8.16. The fraction of sp³-hybridized carbons (Fsp3) is 0.444. The summed E-state index contributed by atoms with van der Waals surface area (Å²) in [7, 11) is 1.51. The fourth-order valence-corrected chi connectivity index (χ4v) is 3.45. The Morgan fingerprint density at radius 1 is 1.04 bits per heavy atom. The highest BCUT2D eigenvalue weighted by Gasteiger charge is 2.58. The number of hydrogen-bond acceptors (Lipinski definition) is 8. The maximum Gasteiger partial charge on any atom is 0.509 e. The van der Waals surface area contributed by atoms with E-state index in [9.17, 15) is 9.59 Å². The third-order valence-corrected chi connectivity index (χ3v) is 4.57. The fourth-order valence-electron chi connectivity index (χ4n) is 3.45. The summed E-state index contributed by atoms with van der Waals surface area (Å²) in [5.74, 6) is 0.304. The largest absolute Gasteiger partial charge is 0.509 e. The van der Waals surface area contributed by atoms with Crippen molar-refractivity contribution in [3.63, 3.8) is 0 Å². The molecule has 4 rings (SSSR count). The van der Waals surface area contributed by atoms with Crippen molar-refractivity contribution < 1.29 is 32.9 Å². The number of benzene rings is 1. The van der Waals surface area contributed by atoms with Crippen LogP contribution in [0.1, 0.15) is 13.8 Å². The summed E-state index contributed by atoms with van der Waals surface area (Å²) in [4.78, 5) is 23.2. The molecule has 2 saturated heterocycles. The van der Waals surface area contributed by atoms with E-state index in [0.717, 1.165) is 0 Å². The molecule has 138 valence electrons. The molecule has 0 N–H and O–H groups in total. The number of ether oxygens (including phenoxy) is 5. The molecule has 26 heavy (non-hydrogen) atoms. The molecule has 4 atom stereocenters. The van der Waals surface area contributed by atoms with Crippen LogP contribution in [-0.2, 0) is 18.9 Å². The van der Waals surface area contributed by atoms with E-state index in [1.807, 2.05) is 13.8 Å². The summed E-state index contributed by atoms with van der Waals surface area (Å²) in [5.41, 5.74) is -1.01. The zero-order chi connectivity index (χ0) is 18.5. The summed E-state index contributed by atoms with van der Waals surface area (Å²) in [5, 5.41) is 0.697. The van der Waals surface area contributed by atoms with Gasteiger partial charge in [-0.25, -0.2) is 9.59 Å². The van der Waals surface area contributed by atoms with Crippen molar-refractivity contribution in [2.24, 2.45) is 0 Å². The molecule has 8 heteroatoms. The average molecular weight is 362 g/mol. The molecule has 0 bridgehead atoms. The lowest BCUT2D eigenvalue weighted by atomic mass is 9.89. The Hall–Kier alpha value is -2.58. The lowest BCUT2D eigenvalue weighted by Gasteiger charge is -2.44. The van der Waals surface area contributed by atoms with E-state index in [1.165, 1.54) is 13.2 Å². The van der Waals surface area contributed by atoms with Gasteiger partial charge in [0, 0.05) is 18.6 Å². The first-order valence-electron chi connectivity index (χ1n) is 8.16. The van der Waals surface area contributed by atoms with Crippen LogP contribution < -0.4 is 10.4 Å². The molecule has 8 nitrogen and oxygen atoms in total. The van der Waals surface area contributed by atoms with Crippen LogP contribution in [0.2, 0.25) is 0 Å². The Morgan fingerprint density at radius 3 is 2.58 bits per heavy atom. The van der Waals surface area contributed by atoms with Gasteiger partial charge in [-0.2, -0.15) is 0 Å². The highest BCUT2D eigenvalue weighted by molar-refractivity contribution is 5.82. The number of methoxy groups -OCH3 is 1. The molecule has 0 saturated carbocycles. The predicted molar refractivity (Wildman–Crippen MR) is 88.0 cm³/mol. The van der Waals surface area contributed by atoms with E-state index < -0.39 is 42.0 Å². The second kappa shape index (κ2) is 6.00. The van der Waals surface area contributed by atoms with Gasteiger partial charge >= 0.3 is 11.8 Å². The second-order valence-corrected chi connectivity index (χ2v) is 6.71. The van der Waals surface area contributed by atoms with Gasteiger partial charge < -0.3 is 28.1 Å². The number of para-hydroxylation sites is 1. The van der Waals surface area contributed by atoms with Gasteiger partial charge in [0.1, 0.15) is 6.10 Å². The van der Waals surface area contributed by atoms with Crippen molar-refractivity contribution in [1.29, 1.82) is 0 Å². The Balaban J connectivity index is 1.71. The zero-order valence-corrected chi connectivity index (χ0v) is 14.5. The van der Waals surface area contributed by atoms with Gasteiger partial charge in [-0.1, -0.05) is 12.1 Å². The minimum atomic E-state index is -0.955. The van der Waals surface area contributed by atoms with Crippen LogP contribution in [0.5, 0.6) is 5.75 Å². The van der Waals surface area contributed by atoms with E-state index in [0.29, 0.717) is 11.1 Å². The number of fused-ring (bicyclic) bond motifs is 2. The quantitative estimate of drug-likeness (QED) is 0.606. The third kappa shape index (κ3) is 2.71. The van der Waals surface area contributed by atoms with Crippen LogP contribution in [0.25, 0.3) is 11.0 Å². The van der Waals surface area contributed by atoms with Gasteiger partial charge in [0.25, 0.3) is 0 Å². The molecule has 2 unspecified atom stereocenters. The average Bonchev–Trinajstić information content (AvgIpc) is 2.96. The Morgan fingerprint density at radius 2 is 1.81 bits per heavy atom. The topological polar surface area (TPSA) is 93.4 Å². The molecule has 2 aliphatic rings. The second-order valence-electron chi connectivity index (χ2n) is 6.71. The first kappa shape index (κ1) is 16.9. The normalized spacial score (nSPS) is 29.7. The van der Waals surface area contributed by atoms with Crippen LogP contribution in [0, 0.1) is 0 Å². The number of rotatable bonds is 3. The number of carbonyl (C=O) groups excluding carboxylic acids is 1. The van der Waals surface area contributed by atoms with Gasteiger partial charge in [-0.3, -0.25) is 0 Å². The highest BCUT2D eigenvalue weighted by atomic mass is 16.8. The minimum absolute atomic E-state index is 0.289. The SMILES string of the molecule is COC1[C@@H]2OC(=O)O[C@@H]2C(Oc2cccc3ccc(=O)oc23)OC1(C)C. The van der Waals surface area contributed by atoms with Crippen molar-refractivity contribution in [1.82, 2.24) is 0 Å². The summed E-state index contributed by atoms with van der Waals surface area (Å²) in [6, 6.07) is 8.18. The molecule has 3 heterocycles. The molecule has 0 amide bonds. The number of carbonyl (C=O) groups is 1. The van der Waals surface area contributed by atoms with E-state index >= 15 is 0 Å². The van der Waals surface area contributed by atoms with Crippen molar-refractivity contribution in [3.8, 4) is 5.75 Å². The standard InChI is InChI=1S/C18H18O8/c1-18(2)15(21-3)13-14(25-17(20)24-13)16(26-18)22-10-6-4-5-9-7-8-11(19)23-12(9)10/h4-8,13-16H,1-3H3/t13-,14+,15?,16?/m1/s1. The molecular weight excluding hydrogens is 344 g/mol. The smallest absolute Gasteiger partial charge is 0.457 e. The van der Waals surface area contributed by atoms with Gasteiger partial charge in [-0.15, -0.1) is 0 Å². The Labute approximate surface area is 148 Å². The summed E-state index contributed by atoms with van der Waals surface area (Å²) in [6.45, 7) is 3.62. The van der Waals surface area contributed by atoms with Crippen LogP contribution in [0.15, 0.2) is 39.5 Å². The Kier molecular flexibility index (Phi) is 3.89. The van der Waals surface area contributed by atoms with E-state index in [2.05, 4.69) is 0 Å². The molecule has 0 radical (unpaired) electrons. The van der Waals surface area contributed by atoms with Crippen molar-refractivity contribution in [2.45, 2.75) is 44.1 Å². The molecule has 1 aromatic heterocycles. The van der Waals surface area contributed by atoms with Crippen molar-refractivity contribution >= 4 is 17.1 Å². The Bertz CT molecular complexity index is 901. The van der Waals surface area contributed by atoms with Crippen LogP contribution in [0.4, 0.5) is 4.79 Å². The highest BCUT2D eigenvalue weighted by Crippen LogP contribution is 2.39. The van der Waals surface area contributed by atoms with Gasteiger partial charge in [0.05, 0.1) is 5.60 Å². The molecular formula is C18H18O8. The van der Waals surface area contributed by atoms with Crippen molar-refractivity contribution in [2.75, 3.05) is 7.11 Å². The lowest BCUT2D eigenvalue weighted by Crippen LogP contribution is -2.62. The van der Waals surface area contributed by atoms with E-state index in [4.69, 9.17) is 28.1 Å². The van der Waals surface area contributed by atoms with E-state index in [-0.39, 0.29) is 5.58 Å². The molecule has 2 aromatic rings. The van der Waals surface area contributed by atoms with Gasteiger partial charge in [0.2, 0.25) is 12.4 Å². The van der Waals surface area contributed by atoms with Gasteiger partial charge in [0.15, 0.2) is 17.4 Å². The number of hydrogen-bond donors (Lipinski definition) is 0. The van der Waals surface area contributed by atoms with Crippen molar-refractivity contribution in [3.05, 3.63) is 40.8 Å². The molecule has 1 aromatic carbocycles. The van der Waals surface area contributed by atoms with Crippen LogP contribution >= 0.6 is 0 Å². The monoisotopic (exact) mass is 362 g/mol. The predicted octanol–water partition coefficient (Wildman–Crippen LogP) is 2.23. The molecule has 2 aliphatic heterocycles. The van der Waals surface area contributed by atoms with Crippen LogP contribution in [0.3, 0.4) is 0 Å². The summed E-state index contributed by atoms with van der Waals surface area (Å²) in [6.07, 6.45) is -3.77. The first-order chi connectivity index (χ1) is 12.4. The summed E-state index contributed by atoms with van der Waals surface area (Å²) >= 11 is 0. The maximum atomic E-state index is 11.7. The van der Waals surface area contributed by atoms with E-state index in [1.54, 1.807) is 24.3 Å². The maximum absolute atomic E-state index is 11.7. The van der Waals surface area contributed by atoms with Crippen LogP contribution in [-0.4, -0.2) is 43.5 Å². The molecule has 2 fully saturated rings. The summed E-state index contributed by atoms with van der Waals surface area (Å²) < 4.78 is 33.1. The molecule has 0 spiro atoms. The zero-order valence-electron chi connectivity index (χ0n) is 14.5. The molecule has 0 aliphatic carbocycles. The lowest BCUT2D eigenvalue weighted by molar-refractivity contribution is -0.282. The minimum Gasteiger partial charge on any atom is -0.457 e.